The highest BCUT2D eigenvalue weighted by atomic mass is 35.5. The van der Waals surface area contributed by atoms with E-state index in [0.29, 0.717) is 11.8 Å². The van der Waals surface area contributed by atoms with Gasteiger partial charge in [0.25, 0.3) is 0 Å². The Labute approximate surface area is 106 Å². The number of aromatic nitrogens is 1. The number of ether oxygens (including phenoxy) is 1. The van der Waals surface area contributed by atoms with E-state index in [1.165, 1.54) is 0 Å². The van der Waals surface area contributed by atoms with E-state index in [9.17, 15) is 0 Å². The number of benzene rings is 1. The van der Waals surface area contributed by atoms with Crippen molar-refractivity contribution in [1.82, 2.24) is 4.98 Å². The lowest BCUT2D eigenvalue weighted by Crippen LogP contribution is -1.99. The maximum atomic E-state index is 5.88. The summed E-state index contributed by atoms with van der Waals surface area (Å²) in [6.45, 7) is 4.37. The van der Waals surface area contributed by atoms with E-state index in [1.807, 2.05) is 44.2 Å². The number of hydrogen-bond acceptors (Lipinski definition) is 2. The third kappa shape index (κ3) is 3.46. The summed E-state index contributed by atoms with van der Waals surface area (Å²) in [5.74, 6) is 0.726. The van der Waals surface area contributed by atoms with Crippen LogP contribution in [0.25, 0.3) is 0 Å². The molecule has 0 unspecified atom stereocenters. The summed E-state index contributed by atoms with van der Waals surface area (Å²) in [5.41, 5.74) is 2.96. The van der Waals surface area contributed by atoms with E-state index in [0.717, 1.165) is 22.6 Å². The maximum Gasteiger partial charge on any atom is 0.130 e. The zero-order valence-electron chi connectivity index (χ0n) is 9.83. The Balaban J connectivity index is 2.07. The van der Waals surface area contributed by atoms with Gasteiger partial charge in [-0.05, 0) is 43.2 Å². The predicted octanol–water partition coefficient (Wildman–Crippen LogP) is 3.73. The van der Waals surface area contributed by atoms with Crippen LogP contribution >= 0.6 is 11.6 Å². The largest absolute Gasteiger partial charge is 0.487 e. The van der Waals surface area contributed by atoms with Gasteiger partial charge >= 0.3 is 0 Å². The summed E-state index contributed by atoms with van der Waals surface area (Å²) in [6.07, 6.45) is 0. The number of nitrogens with zero attached hydrogens (tertiary/aromatic N) is 1. The van der Waals surface area contributed by atoms with Crippen molar-refractivity contribution >= 4 is 11.6 Å². The van der Waals surface area contributed by atoms with Gasteiger partial charge in [0, 0.05) is 6.07 Å². The van der Waals surface area contributed by atoms with Gasteiger partial charge in [-0.15, -0.1) is 0 Å². The van der Waals surface area contributed by atoms with Crippen LogP contribution in [0.2, 0.25) is 5.15 Å². The molecule has 0 N–H and O–H groups in total. The smallest absolute Gasteiger partial charge is 0.130 e. The average Bonchev–Trinajstić information content (AvgIpc) is 2.25. The van der Waals surface area contributed by atoms with Crippen LogP contribution in [0.1, 0.15) is 16.8 Å². The molecule has 17 heavy (non-hydrogen) atoms. The topological polar surface area (TPSA) is 22.1 Å². The first-order valence-corrected chi connectivity index (χ1v) is 5.76. The summed E-state index contributed by atoms with van der Waals surface area (Å²) in [4.78, 5) is 4.20. The van der Waals surface area contributed by atoms with Crippen LogP contribution in [-0.4, -0.2) is 4.98 Å². The molecule has 1 heterocycles. The Morgan fingerprint density at radius 1 is 1.29 bits per heavy atom. The van der Waals surface area contributed by atoms with Gasteiger partial charge in [0.2, 0.25) is 0 Å². The zero-order valence-corrected chi connectivity index (χ0v) is 10.6. The van der Waals surface area contributed by atoms with Gasteiger partial charge in [0.15, 0.2) is 0 Å². The van der Waals surface area contributed by atoms with E-state index < -0.39 is 0 Å². The number of rotatable bonds is 3. The lowest BCUT2D eigenvalue weighted by atomic mass is 10.2. The highest BCUT2D eigenvalue weighted by Crippen LogP contribution is 2.15. The van der Waals surface area contributed by atoms with Crippen LogP contribution in [0.15, 0.2) is 30.3 Å². The molecule has 2 nitrogen and oxygen atoms in total. The first-order valence-electron chi connectivity index (χ1n) is 5.38. The van der Waals surface area contributed by atoms with Gasteiger partial charge in [-0.1, -0.05) is 23.7 Å². The Kier molecular flexibility index (Phi) is 3.64. The van der Waals surface area contributed by atoms with E-state index in [2.05, 4.69) is 11.1 Å². The molecule has 0 aliphatic rings. The van der Waals surface area contributed by atoms with Crippen molar-refractivity contribution < 1.29 is 4.74 Å². The summed E-state index contributed by atoms with van der Waals surface area (Å²) in [5, 5.41) is 0.497. The molecular weight excluding hydrogens is 234 g/mol. The van der Waals surface area contributed by atoms with Crippen LogP contribution in [-0.2, 0) is 6.61 Å². The van der Waals surface area contributed by atoms with Gasteiger partial charge in [0.05, 0.1) is 5.69 Å². The molecule has 1 radical (unpaired) electrons. The highest BCUT2D eigenvalue weighted by molar-refractivity contribution is 6.29. The second kappa shape index (κ2) is 5.19. The van der Waals surface area contributed by atoms with Gasteiger partial charge in [0.1, 0.15) is 17.5 Å². The minimum absolute atomic E-state index is 0.404. The fourth-order valence-electron chi connectivity index (χ4n) is 1.56. The fourth-order valence-corrected chi connectivity index (χ4v) is 1.84. The molecule has 0 saturated carbocycles. The summed E-state index contributed by atoms with van der Waals surface area (Å²) >= 11 is 5.88. The van der Waals surface area contributed by atoms with E-state index in [-0.39, 0.29) is 0 Å². The van der Waals surface area contributed by atoms with Crippen molar-refractivity contribution in [2.24, 2.45) is 0 Å². The summed E-state index contributed by atoms with van der Waals surface area (Å²) < 4.78 is 5.61. The molecule has 0 aliphatic carbocycles. The van der Waals surface area contributed by atoms with Crippen molar-refractivity contribution in [2.75, 3.05) is 0 Å². The molecular formula is C14H13ClNO. The first kappa shape index (κ1) is 11.9. The molecule has 87 valence electrons. The van der Waals surface area contributed by atoms with Crippen LogP contribution in [0.5, 0.6) is 5.75 Å². The second-order valence-electron chi connectivity index (χ2n) is 3.95. The number of pyridine rings is 1. The molecule has 0 spiro atoms. The number of aryl methyl sites for hydroxylation is 2. The minimum atomic E-state index is 0.404. The highest BCUT2D eigenvalue weighted by Gasteiger charge is 2.01. The van der Waals surface area contributed by atoms with Crippen molar-refractivity contribution in [3.05, 3.63) is 58.4 Å². The van der Waals surface area contributed by atoms with Crippen LogP contribution in [0, 0.1) is 19.9 Å². The molecule has 0 saturated heterocycles. The number of hydrogen-bond donors (Lipinski definition) is 0. The third-order valence-electron chi connectivity index (χ3n) is 2.28. The molecule has 2 rings (SSSR count). The van der Waals surface area contributed by atoms with E-state index in [4.69, 9.17) is 16.3 Å². The summed E-state index contributed by atoms with van der Waals surface area (Å²) in [7, 11) is 0. The molecule has 0 atom stereocenters. The lowest BCUT2D eigenvalue weighted by Gasteiger charge is -2.07. The summed E-state index contributed by atoms with van der Waals surface area (Å²) in [6, 6.07) is 12.7. The normalized spacial score (nSPS) is 10.3. The van der Waals surface area contributed by atoms with E-state index in [1.54, 1.807) is 0 Å². The Morgan fingerprint density at radius 2 is 2.12 bits per heavy atom. The molecule has 0 fully saturated rings. The molecule has 0 aliphatic heterocycles. The second-order valence-corrected chi connectivity index (χ2v) is 4.33. The Bertz CT molecular complexity index is 505. The van der Waals surface area contributed by atoms with Crippen LogP contribution < -0.4 is 4.74 Å². The van der Waals surface area contributed by atoms with Gasteiger partial charge < -0.3 is 4.74 Å². The van der Waals surface area contributed by atoms with Gasteiger partial charge in [-0.2, -0.15) is 0 Å². The van der Waals surface area contributed by atoms with Crippen LogP contribution in [0.3, 0.4) is 0 Å². The third-order valence-corrected chi connectivity index (χ3v) is 2.47. The Morgan fingerprint density at radius 3 is 2.82 bits per heavy atom. The molecule has 3 heteroatoms. The van der Waals surface area contributed by atoms with Gasteiger partial charge in [-0.25, -0.2) is 4.98 Å². The molecule has 0 amide bonds. The minimum Gasteiger partial charge on any atom is -0.487 e. The quantitative estimate of drug-likeness (QED) is 0.770. The van der Waals surface area contributed by atoms with Crippen LogP contribution in [0.4, 0.5) is 0 Å². The SMILES string of the molecule is Cc1[c]c(OCc2cc(C)cc(Cl)n2)ccc1. The number of halogens is 1. The standard InChI is InChI=1S/C14H13ClNO/c1-10-4-3-5-13(7-10)17-9-12-6-11(2)8-14(15)16-12/h3-6,8H,9H2,1-2H3. The first-order chi connectivity index (χ1) is 8.13. The molecule has 2 aromatic rings. The average molecular weight is 247 g/mol. The van der Waals surface area contributed by atoms with Gasteiger partial charge in [-0.3, -0.25) is 0 Å². The molecule has 1 aromatic heterocycles. The van der Waals surface area contributed by atoms with E-state index >= 15 is 0 Å². The van der Waals surface area contributed by atoms with Crippen molar-refractivity contribution in [3.63, 3.8) is 0 Å². The zero-order chi connectivity index (χ0) is 12.3. The van der Waals surface area contributed by atoms with Crippen molar-refractivity contribution in [2.45, 2.75) is 20.5 Å². The van der Waals surface area contributed by atoms with Crippen molar-refractivity contribution in [1.29, 1.82) is 0 Å². The molecule has 1 aromatic carbocycles. The van der Waals surface area contributed by atoms with Crippen molar-refractivity contribution in [3.8, 4) is 5.75 Å². The fraction of sp³-hybridized carbons (Fsp3) is 0.214. The monoisotopic (exact) mass is 246 g/mol. The predicted molar refractivity (Wildman–Crippen MR) is 68.3 cm³/mol. The Hall–Kier alpha value is -1.54. The lowest BCUT2D eigenvalue weighted by molar-refractivity contribution is 0.300. The molecule has 0 bridgehead atoms. The maximum absolute atomic E-state index is 5.88.